The van der Waals surface area contributed by atoms with Gasteiger partial charge in [0.25, 0.3) is 0 Å². The average Bonchev–Trinajstić information content (AvgIpc) is 2.88. The van der Waals surface area contributed by atoms with Crippen molar-refractivity contribution in [3.63, 3.8) is 0 Å². The number of nitrogens with zero attached hydrogens (tertiary/aromatic N) is 2. The average molecular weight is 473 g/mol. The Labute approximate surface area is 216 Å². The molecule has 4 aromatic carbocycles. The maximum atomic E-state index is 5.21. The van der Waals surface area contributed by atoms with Gasteiger partial charge in [-0.15, -0.1) is 0 Å². The predicted octanol–water partition coefficient (Wildman–Crippen LogP) is 7.68. The van der Waals surface area contributed by atoms with Crippen LogP contribution in [0.2, 0.25) is 0 Å². The van der Waals surface area contributed by atoms with E-state index in [1.54, 1.807) is 0 Å². The first-order valence-electron chi connectivity index (χ1n) is 12.8. The van der Waals surface area contributed by atoms with Gasteiger partial charge >= 0.3 is 0 Å². The lowest BCUT2D eigenvalue weighted by molar-refractivity contribution is 0.525. The van der Waals surface area contributed by atoms with Crippen LogP contribution >= 0.6 is 0 Å². The molecule has 2 atom stereocenters. The van der Waals surface area contributed by atoms with Gasteiger partial charge in [0.1, 0.15) is 0 Å². The number of benzene rings is 4. The number of hydrogen-bond donors (Lipinski definition) is 0. The maximum Gasteiger partial charge on any atom is 0.0766 e. The summed E-state index contributed by atoms with van der Waals surface area (Å²) in [7, 11) is 0. The lowest BCUT2D eigenvalue weighted by Crippen LogP contribution is -2.28. The predicted molar refractivity (Wildman–Crippen MR) is 155 cm³/mol. The van der Waals surface area contributed by atoms with Crippen molar-refractivity contribution in [2.75, 3.05) is 0 Å². The van der Waals surface area contributed by atoms with Gasteiger partial charge in [0.05, 0.1) is 12.1 Å². The van der Waals surface area contributed by atoms with Crippen molar-refractivity contribution >= 4 is 12.4 Å². The summed E-state index contributed by atoms with van der Waals surface area (Å²) in [6, 6.07) is 34.1. The Bertz CT molecular complexity index is 1240. The smallest absolute Gasteiger partial charge is 0.0766 e. The number of aryl methyl sites for hydroxylation is 4. The molecule has 0 saturated carbocycles. The van der Waals surface area contributed by atoms with E-state index in [0.717, 1.165) is 24.0 Å². The lowest BCUT2D eigenvalue weighted by Gasteiger charge is -2.23. The first-order valence-corrected chi connectivity index (χ1v) is 12.8. The van der Waals surface area contributed by atoms with Crippen molar-refractivity contribution in [3.05, 3.63) is 142 Å². The highest BCUT2D eigenvalue weighted by Gasteiger charge is 2.22. The number of hydrogen-bond acceptors (Lipinski definition) is 2. The van der Waals surface area contributed by atoms with Crippen molar-refractivity contribution in [3.8, 4) is 0 Å². The van der Waals surface area contributed by atoms with Crippen LogP contribution in [0.4, 0.5) is 0 Å². The van der Waals surface area contributed by atoms with Gasteiger partial charge < -0.3 is 0 Å². The summed E-state index contributed by atoms with van der Waals surface area (Å²) in [6.45, 7) is 8.65. The molecule has 0 aliphatic carbocycles. The normalized spacial score (nSPS) is 13.3. The van der Waals surface area contributed by atoms with Crippen LogP contribution in [0.1, 0.15) is 44.5 Å². The maximum absolute atomic E-state index is 5.21. The fourth-order valence-corrected chi connectivity index (χ4v) is 4.52. The number of aliphatic imine (C=N–C) groups is 2. The highest BCUT2D eigenvalue weighted by atomic mass is 14.9. The first-order chi connectivity index (χ1) is 17.5. The summed E-state index contributed by atoms with van der Waals surface area (Å²) in [4.78, 5) is 10.4. The number of rotatable bonds is 9. The topological polar surface area (TPSA) is 24.7 Å². The summed E-state index contributed by atoms with van der Waals surface area (Å²) in [5, 5.41) is 0. The van der Waals surface area contributed by atoms with Crippen LogP contribution < -0.4 is 0 Å². The molecule has 0 fully saturated rings. The Kier molecular flexibility index (Phi) is 8.62. The molecule has 0 heterocycles. The first kappa shape index (κ1) is 25.3. The molecular weight excluding hydrogens is 436 g/mol. The van der Waals surface area contributed by atoms with Gasteiger partial charge in [-0.25, -0.2) is 0 Å². The second kappa shape index (κ2) is 12.3. The monoisotopic (exact) mass is 472 g/mol. The van der Waals surface area contributed by atoms with Crippen LogP contribution in [0.3, 0.4) is 0 Å². The summed E-state index contributed by atoms with van der Waals surface area (Å²) in [6.07, 6.45) is 5.78. The Balaban J connectivity index is 1.75. The highest BCUT2D eigenvalue weighted by molar-refractivity contribution is 5.82. The standard InChI is InChI=1S/C34H36N2/c1-25-13-5-9-17-29(25)21-33(35-23-31-19-11-7-15-27(31)3)34(22-30-18-10-6-14-26(30)2)36-24-32-20-12-8-16-28(32)4/h5-20,23-24,33-34H,21-22H2,1-4H3. The Morgan fingerprint density at radius 2 is 0.806 bits per heavy atom. The van der Waals surface area contributed by atoms with Gasteiger partial charge in [0, 0.05) is 12.4 Å². The third kappa shape index (κ3) is 6.66. The zero-order valence-electron chi connectivity index (χ0n) is 21.9. The van der Waals surface area contributed by atoms with Gasteiger partial charge in [-0.05, 0) is 85.0 Å². The fourth-order valence-electron chi connectivity index (χ4n) is 4.52. The third-order valence-electron chi connectivity index (χ3n) is 7.01. The second-order valence-electron chi connectivity index (χ2n) is 9.67. The molecule has 0 bridgehead atoms. The highest BCUT2D eigenvalue weighted by Crippen LogP contribution is 2.21. The van der Waals surface area contributed by atoms with E-state index in [1.165, 1.54) is 33.4 Å². The van der Waals surface area contributed by atoms with Gasteiger partial charge in [-0.2, -0.15) is 0 Å². The molecule has 2 unspecified atom stereocenters. The van der Waals surface area contributed by atoms with E-state index in [4.69, 9.17) is 9.98 Å². The van der Waals surface area contributed by atoms with Crippen LogP contribution in [-0.2, 0) is 12.8 Å². The minimum Gasteiger partial charge on any atom is -0.287 e. The van der Waals surface area contributed by atoms with Crippen molar-refractivity contribution in [1.82, 2.24) is 0 Å². The van der Waals surface area contributed by atoms with E-state index in [2.05, 4.69) is 125 Å². The molecule has 0 saturated heterocycles. The molecule has 2 nitrogen and oxygen atoms in total. The van der Waals surface area contributed by atoms with E-state index in [9.17, 15) is 0 Å². The van der Waals surface area contributed by atoms with Crippen LogP contribution in [0.5, 0.6) is 0 Å². The van der Waals surface area contributed by atoms with Crippen LogP contribution in [0, 0.1) is 27.7 Å². The Hall–Kier alpha value is -3.78. The van der Waals surface area contributed by atoms with Crippen LogP contribution in [0.25, 0.3) is 0 Å². The minimum absolute atomic E-state index is 0.00517. The fraction of sp³-hybridized carbons (Fsp3) is 0.235. The SMILES string of the molecule is Cc1ccccc1C=NC(Cc1ccccc1C)C(Cc1ccccc1C)N=Cc1ccccc1C. The molecule has 182 valence electrons. The molecule has 0 aliphatic rings. The molecule has 0 N–H and O–H groups in total. The van der Waals surface area contributed by atoms with Crippen molar-refractivity contribution in [2.24, 2.45) is 9.98 Å². The summed E-state index contributed by atoms with van der Waals surface area (Å²) in [5.74, 6) is 0. The molecule has 2 heteroatoms. The minimum atomic E-state index is 0.00517. The van der Waals surface area contributed by atoms with Crippen molar-refractivity contribution < 1.29 is 0 Å². The molecule has 0 aliphatic heterocycles. The summed E-state index contributed by atoms with van der Waals surface area (Å²) >= 11 is 0. The molecule has 0 aromatic heterocycles. The zero-order valence-corrected chi connectivity index (χ0v) is 21.9. The van der Waals surface area contributed by atoms with E-state index in [0.29, 0.717) is 0 Å². The van der Waals surface area contributed by atoms with Crippen LogP contribution in [-0.4, -0.2) is 24.5 Å². The van der Waals surface area contributed by atoms with Crippen LogP contribution in [0.15, 0.2) is 107 Å². The lowest BCUT2D eigenvalue weighted by atomic mass is 9.91. The molecule has 0 spiro atoms. The molecule has 0 radical (unpaired) electrons. The van der Waals surface area contributed by atoms with Gasteiger partial charge in [-0.3, -0.25) is 9.98 Å². The second-order valence-corrected chi connectivity index (χ2v) is 9.67. The van der Waals surface area contributed by atoms with Crippen molar-refractivity contribution in [2.45, 2.75) is 52.6 Å². The van der Waals surface area contributed by atoms with Gasteiger partial charge in [-0.1, -0.05) is 97.1 Å². The van der Waals surface area contributed by atoms with Gasteiger partial charge in [0.15, 0.2) is 0 Å². The molecule has 36 heavy (non-hydrogen) atoms. The summed E-state index contributed by atoms with van der Waals surface area (Å²) < 4.78 is 0. The Morgan fingerprint density at radius 1 is 0.472 bits per heavy atom. The quantitative estimate of drug-likeness (QED) is 0.223. The van der Waals surface area contributed by atoms with E-state index < -0.39 is 0 Å². The Morgan fingerprint density at radius 3 is 1.17 bits per heavy atom. The largest absolute Gasteiger partial charge is 0.287 e. The third-order valence-corrected chi connectivity index (χ3v) is 7.01. The van der Waals surface area contributed by atoms with E-state index in [1.807, 2.05) is 12.4 Å². The molecule has 0 amide bonds. The summed E-state index contributed by atoms with van der Waals surface area (Å²) in [5.41, 5.74) is 10.0. The molecular formula is C34H36N2. The zero-order chi connectivity index (χ0) is 25.3. The van der Waals surface area contributed by atoms with E-state index >= 15 is 0 Å². The molecule has 4 rings (SSSR count). The van der Waals surface area contributed by atoms with Gasteiger partial charge in [0.2, 0.25) is 0 Å². The van der Waals surface area contributed by atoms with E-state index in [-0.39, 0.29) is 12.1 Å². The molecule has 4 aromatic rings. The van der Waals surface area contributed by atoms with Crippen molar-refractivity contribution in [1.29, 1.82) is 0 Å².